The van der Waals surface area contributed by atoms with Crippen LogP contribution in [0.1, 0.15) is 51.4 Å². The van der Waals surface area contributed by atoms with Crippen molar-refractivity contribution in [2.45, 2.75) is 63.5 Å². The van der Waals surface area contributed by atoms with Gasteiger partial charge in [-0.25, -0.2) is 0 Å². The molecule has 0 aromatic heterocycles. The minimum atomic E-state index is 0.606. The van der Waals surface area contributed by atoms with Crippen molar-refractivity contribution in [1.29, 1.82) is 0 Å². The zero-order valence-corrected chi connectivity index (χ0v) is 13.0. The van der Waals surface area contributed by atoms with Crippen molar-refractivity contribution in [3.63, 3.8) is 0 Å². The summed E-state index contributed by atoms with van der Waals surface area (Å²) in [6.07, 6.45) is 11.2. The van der Waals surface area contributed by atoms with Gasteiger partial charge in [0, 0.05) is 25.2 Å². The molecule has 2 unspecified atom stereocenters. The lowest BCUT2D eigenvalue weighted by atomic mass is 9.89. The van der Waals surface area contributed by atoms with Crippen molar-refractivity contribution >= 4 is 0 Å². The smallest absolute Gasteiger partial charge is 0.0247 e. The first-order valence-electron chi connectivity index (χ1n) is 8.33. The fourth-order valence-corrected chi connectivity index (χ4v) is 4.13. The van der Waals surface area contributed by atoms with E-state index in [9.17, 15) is 0 Å². The zero-order valence-electron chi connectivity index (χ0n) is 13.0. The number of nitrogens with two attached hydrogens (primary N) is 1. The summed E-state index contributed by atoms with van der Waals surface area (Å²) in [4.78, 5) is 5.11. The molecule has 2 atom stereocenters. The van der Waals surface area contributed by atoms with Crippen molar-refractivity contribution in [3.05, 3.63) is 0 Å². The van der Waals surface area contributed by atoms with Crippen LogP contribution >= 0.6 is 0 Å². The highest BCUT2D eigenvalue weighted by molar-refractivity contribution is 4.87. The SMILES string of the molecule is CN1CCCC(N(C)C(CN)C2CCCCCC2)C1. The topological polar surface area (TPSA) is 32.5 Å². The Morgan fingerprint density at radius 1 is 1.11 bits per heavy atom. The lowest BCUT2D eigenvalue weighted by molar-refractivity contribution is 0.0705. The summed E-state index contributed by atoms with van der Waals surface area (Å²) in [6.45, 7) is 3.32. The number of rotatable bonds is 4. The molecular weight excluding hydrogens is 234 g/mol. The van der Waals surface area contributed by atoms with E-state index in [0.717, 1.165) is 18.5 Å². The predicted molar refractivity (Wildman–Crippen MR) is 82.3 cm³/mol. The Balaban J connectivity index is 1.94. The van der Waals surface area contributed by atoms with Gasteiger partial charge in [-0.2, -0.15) is 0 Å². The van der Waals surface area contributed by atoms with Gasteiger partial charge in [-0.1, -0.05) is 25.7 Å². The Morgan fingerprint density at radius 2 is 1.79 bits per heavy atom. The minimum Gasteiger partial charge on any atom is -0.329 e. The normalized spacial score (nSPS) is 29.4. The summed E-state index contributed by atoms with van der Waals surface area (Å²) in [5.41, 5.74) is 6.14. The molecule has 0 bridgehead atoms. The third-order valence-electron chi connectivity index (χ3n) is 5.38. The first-order chi connectivity index (χ1) is 9.22. The third kappa shape index (κ3) is 4.17. The van der Waals surface area contributed by atoms with Crippen molar-refractivity contribution in [1.82, 2.24) is 9.80 Å². The second-order valence-electron chi connectivity index (χ2n) is 6.78. The number of hydrogen-bond donors (Lipinski definition) is 1. The molecule has 0 aromatic carbocycles. The number of nitrogens with zero attached hydrogens (tertiary/aromatic N) is 2. The lowest BCUT2D eigenvalue weighted by Crippen LogP contribution is -2.53. The molecule has 1 aliphatic carbocycles. The summed E-state index contributed by atoms with van der Waals surface area (Å²) >= 11 is 0. The van der Waals surface area contributed by atoms with E-state index in [1.54, 1.807) is 0 Å². The van der Waals surface area contributed by atoms with Crippen LogP contribution < -0.4 is 5.73 Å². The van der Waals surface area contributed by atoms with Crippen molar-refractivity contribution in [2.24, 2.45) is 11.7 Å². The number of likely N-dealkylation sites (tertiary alicyclic amines) is 1. The highest BCUT2D eigenvalue weighted by atomic mass is 15.2. The van der Waals surface area contributed by atoms with Crippen LogP contribution in [0, 0.1) is 5.92 Å². The van der Waals surface area contributed by atoms with Gasteiger partial charge < -0.3 is 10.6 Å². The maximum atomic E-state index is 6.14. The summed E-state index contributed by atoms with van der Waals surface area (Å²) in [7, 11) is 4.58. The Hall–Kier alpha value is -0.120. The van der Waals surface area contributed by atoms with Crippen LogP contribution in [0.15, 0.2) is 0 Å². The number of hydrogen-bond acceptors (Lipinski definition) is 3. The number of likely N-dealkylation sites (N-methyl/N-ethyl adjacent to an activating group) is 2. The van der Waals surface area contributed by atoms with E-state index < -0.39 is 0 Å². The van der Waals surface area contributed by atoms with Gasteiger partial charge in [-0.05, 0) is 52.2 Å². The lowest BCUT2D eigenvalue weighted by Gasteiger charge is -2.42. The molecule has 0 spiro atoms. The van der Waals surface area contributed by atoms with Gasteiger partial charge in [-0.3, -0.25) is 4.90 Å². The first kappa shape index (κ1) is 15.3. The fraction of sp³-hybridized carbons (Fsp3) is 1.00. The molecular formula is C16H33N3. The van der Waals surface area contributed by atoms with Crippen LogP contribution in [0.2, 0.25) is 0 Å². The minimum absolute atomic E-state index is 0.606. The van der Waals surface area contributed by atoms with Crippen LogP contribution in [-0.4, -0.2) is 55.6 Å². The first-order valence-corrected chi connectivity index (χ1v) is 8.33. The molecule has 19 heavy (non-hydrogen) atoms. The highest BCUT2D eigenvalue weighted by Crippen LogP contribution is 2.29. The predicted octanol–water partition coefficient (Wildman–Crippen LogP) is 2.31. The molecule has 0 radical (unpaired) electrons. The van der Waals surface area contributed by atoms with Crippen molar-refractivity contribution in [2.75, 3.05) is 33.7 Å². The molecule has 2 aliphatic rings. The van der Waals surface area contributed by atoms with Crippen molar-refractivity contribution in [3.8, 4) is 0 Å². The molecule has 2 rings (SSSR count). The van der Waals surface area contributed by atoms with Crippen LogP contribution in [-0.2, 0) is 0 Å². The molecule has 3 nitrogen and oxygen atoms in total. The Labute approximate surface area is 119 Å². The van der Waals surface area contributed by atoms with E-state index in [-0.39, 0.29) is 0 Å². The average Bonchev–Trinajstić information content (AvgIpc) is 2.69. The van der Waals surface area contributed by atoms with Gasteiger partial charge >= 0.3 is 0 Å². The van der Waals surface area contributed by atoms with Crippen LogP contribution in [0.4, 0.5) is 0 Å². The Bertz CT molecular complexity index is 248. The molecule has 112 valence electrons. The maximum Gasteiger partial charge on any atom is 0.0247 e. The quantitative estimate of drug-likeness (QED) is 0.793. The molecule has 1 heterocycles. The van der Waals surface area contributed by atoms with Gasteiger partial charge in [-0.15, -0.1) is 0 Å². The summed E-state index contributed by atoms with van der Waals surface area (Å²) in [5.74, 6) is 0.838. The third-order valence-corrected chi connectivity index (χ3v) is 5.38. The molecule has 1 saturated heterocycles. The Morgan fingerprint density at radius 3 is 2.37 bits per heavy atom. The average molecular weight is 267 g/mol. The van der Waals surface area contributed by atoms with Gasteiger partial charge in [0.2, 0.25) is 0 Å². The maximum absolute atomic E-state index is 6.14. The molecule has 3 heteroatoms. The van der Waals surface area contributed by atoms with Crippen LogP contribution in [0.3, 0.4) is 0 Å². The zero-order chi connectivity index (χ0) is 13.7. The fourth-order valence-electron chi connectivity index (χ4n) is 4.13. The summed E-state index contributed by atoms with van der Waals surface area (Å²) in [5, 5.41) is 0. The largest absolute Gasteiger partial charge is 0.329 e. The Kier molecular flexibility index (Phi) is 6.11. The molecule has 1 aliphatic heterocycles. The molecule has 0 aromatic rings. The standard InChI is InChI=1S/C16H33N3/c1-18-11-7-10-15(13-18)19(2)16(12-17)14-8-5-3-4-6-9-14/h14-16H,3-13,17H2,1-2H3. The summed E-state index contributed by atoms with van der Waals surface area (Å²) in [6, 6.07) is 1.32. The molecule has 2 fully saturated rings. The van der Waals surface area contributed by atoms with E-state index in [1.165, 1.54) is 64.5 Å². The van der Waals surface area contributed by atoms with E-state index in [2.05, 4.69) is 23.9 Å². The van der Waals surface area contributed by atoms with E-state index in [1.807, 2.05) is 0 Å². The molecule has 0 amide bonds. The van der Waals surface area contributed by atoms with Gasteiger partial charge in [0.15, 0.2) is 0 Å². The molecule has 2 N–H and O–H groups in total. The second-order valence-corrected chi connectivity index (χ2v) is 6.78. The second kappa shape index (κ2) is 7.61. The van der Waals surface area contributed by atoms with Gasteiger partial charge in [0.25, 0.3) is 0 Å². The van der Waals surface area contributed by atoms with Crippen molar-refractivity contribution < 1.29 is 0 Å². The molecule has 1 saturated carbocycles. The van der Waals surface area contributed by atoms with E-state index in [0.29, 0.717) is 6.04 Å². The van der Waals surface area contributed by atoms with Crippen LogP contribution in [0.5, 0.6) is 0 Å². The highest BCUT2D eigenvalue weighted by Gasteiger charge is 2.30. The van der Waals surface area contributed by atoms with E-state index in [4.69, 9.17) is 5.73 Å². The van der Waals surface area contributed by atoms with Crippen LogP contribution in [0.25, 0.3) is 0 Å². The number of piperidine rings is 1. The van der Waals surface area contributed by atoms with Gasteiger partial charge in [0.1, 0.15) is 0 Å². The monoisotopic (exact) mass is 267 g/mol. The van der Waals surface area contributed by atoms with E-state index >= 15 is 0 Å². The van der Waals surface area contributed by atoms with Gasteiger partial charge in [0.05, 0.1) is 0 Å². The summed E-state index contributed by atoms with van der Waals surface area (Å²) < 4.78 is 0.